The van der Waals surface area contributed by atoms with Gasteiger partial charge in [-0.15, -0.1) is 0 Å². The van der Waals surface area contributed by atoms with Crippen molar-refractivity contribution in [3.05, 3.63) is 48.0 Å². The van der Waals surface area contributed by atoms with Gasteiger partial charge in [-0.05, 0) is 44.7 Å². The second-order valence-electron chi connectivity index (χ2n) is 6.12. The van der Waals surface area contributed by atoms with Crippen LogP contribution in [0.15, 0.2) is 41.7 Å². The molecule has 1 heterocycles. The first-order valence-corrected chi connectivity index (χ1v) is 9.36. The number of methoxy groups -OCH3 is 1. The maximum atomic E-state index is 5.40. The highest BCUT2D eigenvalue weighted by molar-refractivity contribution is 5.79. The Bertz CT molecular complexity index is 680. The topological polar surface area (TPSA) is 63.5 Å². The fourth-order valence-electron chi connectivity index (χ4n) is 2.79. The van der Waals surface area contributed by atoms with Gasteiger partial charge < -0.3 is 19.9 Å². The number of guanidine groups is 1. The number of aromatic nitrogens is 2. The minimum absolute atomic E-state index is 0.817. The second-order valence-corrected chi connectivity index (χ2v) is 6.12. The molecule has 2 rings (SSSR count). The maximum Gasteiger partial charge on any atom is 0.191 e. The molecule has 0 atom stereocenters. The SMILES string of the molecule is CCNC(=NCCCCn1ccnc1C)NCCc1ccccc1OC. The third kappa shape index (κ3) is 6.43. The van der Waals surface area contributed by atoms with Crippen molar-refractivity contribution in [2.24, 2.45) is 4.99 Å². The number of unbranched alkanes of at least 4 members (excludes halogenated alkanes) is 1. The molecule has 0 aliphatic heterocycles. The zero-order chi connectivity index (χ0) is 18.6. The van der Waals surface area contributed by atoms with Gasteiger partial charge in [0.1, 0.15) is 11.6 Å². The molecule has 1 aromatic carbocycles. The molecular formula is C20H31N5O. The van der Waals surface area contributed by atoms with Gasteiger partial charge in [0.2, 0.25) is 0 Å². The van der Waals surface area contributed by atoms with Crippen LogP contribution in [-0.4, -0.2) is 42.3 Å². The van der Waals surface area contributed by atoms with E-state index in [9.17, 15) is 0 Å². The lowest BCUT2D eigenvalue weighted by molar-refractivity contribution is 0.409. The molecule has 2 N–H and O–H groups in total. The zero-order valence-corrected chi connectivity index (χ0v) is 16.2. The molecule has 0 fully saturated rings. The van der Waals surface area contributed by atoms with Crippen LogP contribution in [0, 0.1) is 6.92 Å². The van der Waals surface area contributed by atoms with E-state index in [2.05, 4.69) is 38.2 Å². The summed E-state index contributed by atoms with van der Waals surface area (Å²) in [5.74, 6) is 2.88. The van der Waals surface area contributed by atoms with E-state index in [1.54, 1.807) is 7.11 Å². The quantitative estimate of drug-likeness (QED) is 0.390. The Morgan fingerprint density at radius 3 is 2.81 bits per heavy atom. The van der Waals surface area contributed by atoms with Crippen molar-refractivity contribution in [1.82, 2.24) is 20.2 Å². The summed E-state index contributed by atoms with van der Waals surface area (Å²) in [7, 11) is 1.71. The number of aryl methyl sites for hydroxylation is 2. The van der Waals surface area contributed by atoms with E-state index in [-0.39, 0.29) is 0 Å². The Morgan fingerprint density at radius 2 is 2.08 bits per heavy atom. The third-order valence-corrected chi connectivity index (χ3v) is 4.22. The summed E-state index contributed by atoms with van der Waals surface area (Å²) in [6.45, 7) is 7.61. The number of benzene rings is 1. The van der Waals surface area contributed by atoms with E-state index in [4.69, 9.17) is 4.74 Å². The second kappa shape index (κ2) is 11.2. The zero-order valence-electron chi connectivity index (χ0n) is 16.2. The number of nitrogens with zero attached hydrogens (tertiary/aromatic N) is 3. The molecule has 2 aromatic rings. The summed E-state index contributed by atoms with van der Waals surface area (Å²) >= 11 is 0. The summed E-state index contributed by atoms with van der Waals surface area (Å²) in [6.07, 6.45) is 6.93. The van der Waals surface area contributed by atoms with Crippen molar-refractivity contribution < 1.29 is 4.74 Å². The molecule has 1 aromatic heterocycles. The van der Waals surface area contributed by atoms with Crippen molar-refractivity contribution >= 4 is 5.96 Å². The molecule has 6 nitrogen and oxygen atoms in total. The number of rotatable bonds is 10. The smallest absolute Gasteiger partial charge is 0.191 e. The number of nitrogens with one attached hydrogen (secondary N) is 2. The number of ether oxygens (including phenoxy) is 1. The molecule has 0 saturated carbocycles. The lowest BCUT2D eigenvalue weighted by Crippen LogP contribution is -2.38. The Labute approximate surface area is 156 Å². The monoisotopic (exact) mass is 357 g/mol. The molecule has 6 heteroatoms. The van der Waals surface area contributed by atoms with Crippen molar-refractivity contribution in [3.8, 4) is 5.75 Å². The molecule has 0 aliphatic rings. The van der Waals surface area contributed by atoms with Crippen LogP contribution in [0.1, 0.15) is 31.2 Å². The molecule has 26 heavy (non-hydrogen) atoms. The molecule has 142 valence electrons. The number of imidazole rings is 1. The first kappa shape index (κ1) is 19.8. The Kier molecular flexibility index (Phi) is 8.52. The molecule has 0 amide bonds. The van der Waals surface area contributed by atoms with Crippen LogP contribution in [0.5, 0.6) is 5.75 Å². The fourth-order valence-corrected chi connectivity index (χ4v) is 2.79. The van der Waals surface area contributed by atoms with Crippen molar-refractivity contribution in [2.45, 2.75) is 39.7 Å². The minimum atomic E-state index is 0.817. The number of aliphatic imine (C=N–C) groups is 1. The lowest BCUT2D eigenvalue weighted by atomic mass is 10.1. The predicted molar refractivity (Wildman–Crippen MR) is 107 cm³/mol. The number of para-hydroxylation sites is 1. The van der Waals surface area contributed by atoms with Crippen LogP contribution in [0.3, 0.4) is 0 Å². The lowest BCUT2D eigenvalue weighted by Gasteiger charge is -2.12. The van der Waals surface area contributed by atoms with Crippen LogP contribution < -0.4 is 15.4 Å². The Balaban J connectivity index is 1.72. The molecular weight excluding hydrogens is 326 g/mol. The third-order valence-electron chi connectivity index (χ3n) is 4.22. The normalized spacial score (nSPS) is 11.4. The Hall–Kier alpha value is -2.50. The van der Waals surface area contributed by atoms with E-state index in [1.165, 1.54) is 5.56 Å². The summed E-state index contributed by atoms with van der Waals surface area (Å²) in [5, 5.41) is 6.71. The minimum Gasteiger partial charge on any atom is -0.496 e. The molecule has 0 radical (unpaired) electrons. The average molecular weight is 358 g/mol. The van der Waals surface area contributed by atoms with E-state index >= 15 is 0 Å². The molecule has 0 spiro atoms. The highest BCUT2D eigenvalue weighted by Crippen LogP contribution is 2.17. The summed E-state index contributed by atoms with van der Waals surface area (Å²) < 4.78 is 7.58. The van der Waals surface area contributed by atoms with Gasteiger partial charge in [-0.2, -0.15) is 0 Å². The van der Waals surface area contributed by atoms with Gasteiger partial charge in [-0.3, -0.25) is 4.99 Å². The maximum absolute atomic E-state index is 5.40. The van der Waals surface area contributed by atoms with Gasteiger partial charge in [0.15, 0.2) is 5.96 Å². The van der Waals surface area contributed by atoms with Crippen molar-refractivity contribution in [2.75, 3.05) is 26.7 Å². The van der Waals surface area contributed by atoms with Gasteiger partial charge in [-0.1, -0.05) is 18.2 Å². The largest absolute Gasteiger partial charge is 0.496 e. The van der Waals surface area contributed by atoms with Crippen LogP contribution in [0.25, 0.3) is 0 Å². The number of hydrogen-bond acceptors (Lipinski definition) is 3. The van der Waals surface area contributed by atoms with E-state index < -0.39 is 0 Å². The standard InChI is InChI=1S/C20H31N5O/c1-4-21-20(23-12-7-8-15-25-16-14-22-17(25)2)24-13-11-18-9-5-6-10-19(18)26-3/h5-6,9-10,14,16H,4,7-8,11-13,15H2,1-3H3,(H2,21,23,24). The highest BCUT2D eigenvalue weighted by Gasteiger charge is 2.02. The van der Waals surface area contributed by atoms with Crippen LogP contribution >= 0.6 is 0 Å². The molecule has 0 saturated heterocycles. The summed E-state index contributed by atoms with van der Waals surface area (Å²) in [4.78, 5) is 8.91. The molecule has 0 unspecified atom stereocenters. The van der Waals surface area contributed by atoms with Gasteiger partial charge in [-0.25, -0.2) is 4.98 Å². The van der Waals surface area contributed by atoms with Crippen LogP contribution in [-0.2, 0) is 13.0 Å². The first-order chi connectivity index (χ1) is 12.7. The molecule has 0 aliphatic carbocycles. The van der Waals surface area contributed by atoms with E-state index in [1.807, 2.05) is 37.5 Å². The van der Waals surface area contributed by atoms with Gasteiger partial charge in [0.05, 0.1) is 7.11 Å². The summed E-state index contributed by atoms with van der Waals surface area (Å²) in [6, 6.07) is 8.13. The highest BCUT2D eigenvalue weighted by atomic mass is 16.5. The predicted octanol–water partition coefficient (Wildman–Crippen LogP) is 2.78. The summed E-state index contributed by atoms with van der Waals surface area (Å²) in [5.41, 5.74) is 1.20. The average Bonchev–Trinajstić information content (AvgIpc) is 3.06. The fraction of sp³-hybridized carbons (Fsp3) is 0.500. The van der Waals surface area contributed by atoms with Crippen LogP contribution in [0.4, 0.5) is 0 Å². The van der Waals surface area contributed by atoms with E-state index in [0.29, 0.717) is 0 Å². The van der Waals surface area contributed by atoms with Gasteiger partial charge in [0, 0.05) is 38.6 Å². The number of hydrogen-bond donors (Lipinski definition) is 2. The van der Waals surface area contributed by atoms with Crippen molar-refractivity contribution in [3.63, 3.8) is 0 Å². The Morgan fingerprint density at radius 1 is 1.23 bits per heavy atom. The van der Waals surface area contributed by atoms with Crippen molar-refractivity contribution in [1.29, 1.82) is 0 Å². The van der Waals surface area contributed by atoms with Gasteiger partial charge >= 0.3 is 0 Å². The van der Waals surface area contributed by atoms with Gasteiger partial charge in [0.25, 0.3) is 0 Å². The molecule has 0 bridgehead atoms. The van der Waals surface area contributed by atoms with E-state index in [0.717, 1.165) is 63.0 Å². The first-order valence-electron chi connectivity index (χ1n) is 9.36. The van der Waals surface area contributed by atoms with Crippen LogP contribution in [0.2, 0.25) is 0 Å².